The van der Waals surface area contributed by atoms with Crippen LogP contribution in [0.4, 0.5) is 10.1 Å². The van der Waals surface area contributed by atoms with E-state index in [4.69, 9.17) is 4.74 Å². The third-order valence-corrected chi connectivity index (χ3v) is 6.13. The minimum absolute atomic E-state index is 0.0527. The topological polar surface area (TPSA) is 106 Å². The van der Waals surface area contributed by atoms with Crippen molar-refractivity contribution in [1.82, 2.24) is 4.98 Å². The number of hydrogen-bond acceptors (Lipinski definition) is 6. The number of carbonyl (C=O) groups excluding carboxylic acids is 1. The lowest BCUT2D eigenvalue weighted by molar-refractivity contribution is -0.120. The molecule has 1 aromatic heterocycles. The second kappa shape index (κ2) is 11.4. The third-order valence-electron chi connectivity index (χ3n) is 5.54. The Morgan fingerprint density at radius 1 is 1.14 bits per heavy atom. The summed E-state index contributed by atoms with van der Waals surface area (Å²) in [5.41, 5.74) is 3.56. The zero-order valence-corrected chi connectivity index (χ0v) is 20.7. The average molecular weight is 501 g/mol. The third kappa shape index (κ3) is 7.60. The van der Waals surface area contributed by atoms with Gasteiger partial charge in [-0.05, 0) is 48.2 Å². The predicted octanol–water partition coefficient (Wildman–Crippen LogP) is 4.28. The summed E-state index contributed by atoms with van der Waals surface area (Å²) in [6.07, 6.45) is 1.54. The summed E-state index contributed by atoms with van der Waals surface area (Å²) in [5, 5.41) is 9.32. The highest BCUT2D eigenvalue weighted by Crippen LogP contribution is 2.26. The molecule has 0 fully saturated rings. The van der Waals surface area contributed by atoms with Gasteiger partial charge in [0.2, 0.25) is 15.9 Å². The smallest absolute Gasteiger partial charge is 0.229 e. The molecule has 0 aliphatic carbocycles. The highest BCUT2D eigenvalue weighted by atomic mass is 32.2. The van der Waals surface area contributed by atoms with Crippen molar-refractivity contribution in [1.29, 1.82) is 0 Å². The van der Waals surface area contributed by atoms with E-state index in [1.54, 1.807) is 13.0 Å². The fourth-order valence-electron chi connectivity index (χ4n) is 3.59. The number of carbonyl (C=O) groups is 1. The molecular formula is C26H29FN2O5S. The van der Waals surface area contributed by atoms with Crippen molar-refractivity contribution < 1.29 is 27.4 Å². The van der Waals surface area contributed by atoms with Gasteiger partial charge >= 0.3 is 0 Å². The molecule has 1 unspecified atom stereocenters. The van der Waals surface area contributed by atoms with Crippen molar-refractivity contribution >= 4 is 21.5 Å². The Kier molecular flexibility index (Phi) is 8.58. The van der Waals surface area contributed by atoms with E-state index in [0.717, 1.165) is 28.6 Å². The Balaban J connectivity index is 1.66. The Hall–Kier alpha value is -3.30. The van der Waals surface area contributed by atoms with Gasteiger partial charge in [0.05, 0.1) is 18.6 Å². The molecule has 1 atom stereocenters. The van der Waals surface area contributed by atoms with Crippen LogP contribution in [-0.2, 0) is 34.5 Å². The summed E-state index contributed by atoms with van der Waals surface area (Å²) in [6, 6.07) is 15.2. The molecular weight excluding hydrogens is 471 g/mol. The number of aromatic nitrogens is 1. The fraction of sp³-hybridized carbons (Fsp3) is 0.308. The van der Waals surface area contributed by atoms with Crippen LogP contribution >= 0.6 is 0 Å². The number of ether oxygens (including phenoxy) is 1. The van der Waals surface area contributed by atoms with Crippen molar-refractivity contribution in [2.75, 3.05) is 11.0 Å². The molecule has 0 aliphatic heterocycles. The molecule has 0 saturated carbocycles. The fourth-order valence-corrected chi connectivity index (χ4v) is 4.15. The molecule has 3 aromatic rings. The molecule has 0 aliphatic rings. The van der Waals surface area contributed by atoms with Crippen LogP contribution in [0.25, 0.3) is 0 Å². The van der Waals surface area contributed by atoms with Gasteiger partial charge in [-0.3, -0.25) is 9.52 Å². The van der Waals surface area contributed by atoms with Crippen LogP contribution in [0.15, 0.2) is 54.6 Å². The van der Waals surface area contributed by atoms with Gasteiger partial charge in [0, 0.05) is 23.6 Å². The second-order valence-corrected chi connectivity index (χ2v) is 10.2. The summed E-state index contributed by atoms with van der Waals surface area (Å²) in [5.74, 6) is -0.950. The van der Waals surface area contributed by atoms with Gasteiger partial charge in [-0.1, -0.05) is 43.3 Å². The number of hydrogen-bond donors (Lipinski definition) is 2. The van der Waals surface area contributed by atoms with Crippen LogP contribution in [0.3, 0.4) is 0 Å². The second-order valence-electron chi connectivity index (χ2n) is 8.49. The number of anilines is 1. The zero-order chi connectivity index (χ0) is 25.6. The van der Waals surface area contributed by atoms with E-state index in [1.165, 1.54) is 12.1 Å². The van der Waals surface area contributed by atoms with Crippen LogP contribution in [0.2, 0.25) is 0 Å². The molecule has 9 heteroatoms. The minimum atomic E-state index is -3.61. The largest absolute Gasteiger partial charge is 0.473 e. The first kappa shape index (κ1) is 26.3. The lowest BCUT2D eigenvalue weighted by Gasteiger charge is -2.14. The number of nitrogens with zero attached hydrogens (tertiary/aromatic N) is 1. The highest BCUT2D eigenvalue weighted by Gasteiger charge is 2.19. The SMILES string of the molecule is Cc1ccc(CCC(=O)C(C)c2ccc(NS(C)(=O)=O)c(F)c2)c(OCc2cccc(CO)c2)n1. The van der Waals surface area contributed by atoms with Crippen molar-refractivity contribution in [3.05, 3.63) is 88.4 Å². The van der Waals surface area contributed by atoms with Crippen LogP contribution in [0.1, 0.15) is 47.2 Å². The predicted molar refractivity (Wildman–Crippen MR) is 132 cm³/mol. The zero-order valence-electron chi connectivity index (χ0n) is 19.9. The molecule has 35 heavy (non-hydrogen) atoms. The summed E-state index contributed by atoms with van der Waals surface area (Å²) in [7, 11) is -3.61. The van der Waals surface area contributed by atoms with E-state index in [-0.39, 0.29) is 31.1 Å². The van der Waals surface area contributed by atoms with Gasteiger partial charge in [-0.25, -0.2) is 17.8 Å². The van der Waals surface area contributed by atoms with E-state index >= 15 is 0 Å². The molecule has 0 spiro atoms. The maximum atomic E-state index is 14.3. The van der Waals surface area contributed by atoms with E-state index in [0.29, 0.717) is 17.9 Å². The molecule has 0 bridgehead atoms. The van der Waals surface area contributed by atoms with Gasteiger partial charge in [-0.2, -0.15) is 0 Å². The Morgan fingerprint density at radius 3 is 2.57 bits per heavy atom. The number of nitrogens with one attached hydrogen (secondary N) is 1. The van der Waals surface area contributed by atoms with Crippen molar-refractivity contribution in [3.63, 3.8) is 0 Å². The molecule has 0 amide bonds. The van der Waals surface area contributed by atoms with Crippen molar-refractivity contribution in [3.8, 4) is 5.88 Å². The Labute approximate surface area is 205 Å². The Bertz CT molecular complexity index is 1310. The van der Waals surface area contributed by atoms with Crippen molar-refractivity contribution in [2.45, 2.75) is 45.8 Å². The minimum Gasteiger partial charge on any atom is -0.473 e. The Morgan fingerprint density at radius 2 is 1.89 bits per heavy atom. The molecule has 3 rings (SSSR count). The summed E-state index contributed by atoms with van der Waals surface area (Å²) in [4.78, 5) is 17.3. The first-order valence-electron chi connectivity index (χ1n) is 11.1. The van der Waals surface area contributed by atoms with Crippen LogP contribution in [-0.4, -0.2) is 30.5 Å². The van der Waals surface area contributed by atoms with Gasteiger partial charge in [0.1, 0.15) is 18.2 Å². The number of Topliss-reactive ketones (excluding diaryl/α,β-unsaturated/α-hetero) is 1. The van der Waals surface area contributed by atoms with E-state index in [1.807, 2.05) is 43.3 Å². The van der Waals surface area contributed by atoms with Crippen LogP contribution in [0, 0.1) is 12.7 Å². The van der Waals surface area contributed by atoms with E-state index in [9.17, 15) is 22.7 Å². The van der Waals surface area contributed by atoms with Gasteiger partial charge in [0.15, 0.2) is 0 Å². The number of aryl methyl sites for hydroxylation is 2. The number of halogens is 1. The number of pyridine rings is 1. The monoisotopic (exact) mass is 500 g/mol. The van der Waals surface area contributed by atoms with Crippen LogP contribution < -0.4 is 9.46 Å². The number of rotatable bonds is 11. The maximum Gasteiger partial charge on any atom is 0.229 e. The molecule has 1 heterocycles. The standard InChI is InChI=1S/C26H29FN2O5S/c1-17-7-8-21(26(28-17)34-16-20-6-4-5-19(13-20)15-30)10-12-25(31)18(2)22-9-11-24(23(27)14-22)29-35(3,32)33/h4-9,11,13-14,18,29-30H,10,12,15-16H2,1-3H3. The maximum absolute atomic E-state index is 14.3. The number of aliphatic hydroxyl groups is 1. The van der Waals surface area contributed by atoms with Crippen LogP contribution in [0.5, 0.6) is 5.88 Å². The first-order chi connectivity index (χ1) is 16.6. The first-order valence-corrected chi connectivity index (χ1v) is 13.0. The van der Waals surface area contributed by atoms with E-state index < -0.39 is 21.8 Å². The summed E-state index contributed by atoms with van der Waals surface area (Å²) >= 11 is 0. The van der Waals surface area contributed by atoms with E-state index in [2.05, 4.69) is 9.71 Å². The molecule has 0 saturated heterocycles. The average Bonchev–Trinajstić information content (AvgIpc) is 2.82. The lowest BCUT2D eigenvalue weighted by atomic mass is 9.93. The summed E-state index contributed by atoms with van der Waals surface area (Å²) in [6.45, 7) is 3.77. The molecule has 186 valence electrons. The quantitative estimate of drug-likeness (QED) is 0.407. The van der Waals surface area contributed by atoms with Crippen molar-refractivity contribution in [2.24, 2.45) is 0 Å². The number of benzene rings is 2. The van der Waals surface area contributed by atoms with Gasteiger partial charge in [0.25, 0.3) is 0 Å². The molecule has 0 radical (unpaired) electrons. The number of aliphatic hydroxyl groups excluding tert-OH is 1. The molecule has 2 N–H and O–H groups in total. The molecule has 2 aromatic carbocycles. The van der Waals surface area contributed by atoms with Gasteiger partial charge < -0.3 is 9.84 Å². The van der Waals surface area contributed by atoms with Gasteiger partial charge in [-0.15, -0.1) is 0 Å². The normalized spacial score (nSPS) is 12.3. The highest BCUT2D eigenvalue weighted by molar-refractivity contribution is 7.92. The number of ketones is 1. The number of sulfonamides is 1. The summed E-state index contributed by atoms with van der Waals surface area (Å²) < 4.78 is 45.1. The molecule has 7 nitrogen and oxygen atoms in total. The lowest BCUT2D eigenvalue weighted by Crippen LogP contribution is -2.13.